The molecule has 0 aliphatic heterocycles. The Hall–Kier alpha value is -2.67. The molecule has 0 saturated carbocycles. The van der Waals surface area contributed by atoms with Crippen molar-refractivity contribution in [1.82, 2.24) is 19.7 Å². The van der Waals surface area contributed by atoms with E-state index < -0.39 is 0 Å². The summed E-state index contributed by atoms with van der Waals surface area (Å²) in [6.45, 7) is 1.59. The van der Waals surface area contributed by atoms with Gasteiger partial charge in [0.15, 0.2) is 11.0 Å². The fourth-order valence-electron chi connectivity index (χ4n) is 2.30. The Bertz CT molecular complexity index is 847. The predicted octanol–water partition coefficient (Wildman–Crippen LogP) is 3.41. The van der Waals surface area contributed by atoms with Crippen molar-refractivity contribution in [2.75, 3.05) is 12.9 Å². The highest BCUT2D eigenvalue weighted by Gasteiger charge is 2.16. The molecule has 0 amide bonds. The quantitative estimate of drug-likeness (QED) is 0.606. The minimum Gasteiger partial charge on any atom is -0.497 e. The second-order valence-corrected chi connectivity index (χ2v) is 6.44. The zero-order valence-electron chi connectivity index (χ0n) is 14.0. The van der Waals surface area contributed by atoms with E-state index in [0.717, 1.165) is 28.0 Å². The van der Waals surface area contributed by atoms with Gasteiger partial charge in [0.05, 0.1) is 7.11 Å². The van der Waals surface area contributed by atoms with Gasteiger partial charge in [0.25, 0.3) is 0 Å². The molecule has 0 aliphatic rings. The van der Waals surface area contributed by atoms with Crippen molar-refractivity contribution in [2.45, 2.75) is 18.5 Å². The molecule has 0 unspecified atom stereocenters. The van der Waals surface area contributed by atoms with Gasteiger partial charge in [-0.05, 0) is 43.3 Å². The maximum Gasteiger partial charge on any atom is 0.196 e. The maximum absolute atomic E-state index is 11.2. The highest BCUT2D eigenvalue weighted by Crippen LogP contribution is 2.28. The second kappa shape index (κ2) is 7.94. The first-order valence-corrected chi connectivity index (χ1v) is 8.80. The van der Waals surface area contributed by atoms with E-state index in [0.29, 0.717) is 12.2 Å². The van der Waals surface area contributed by atoms with E-state index in [2.05, 4.69) is 15.2 Å². The topological polar surface area (TPSA) is 69.9 Å². The first-order valence-electron chi connectivity index (χ1n) is 7.81. The molecule has 2 aromatic heterocycles. The summed E-state index contributed by atoms with van der Waals surface area (Å²) in [4.78, 5) is 15.3. The smallest absolute Gasteiger partial charge is 0.196 e. The molecule has 3 aromatic rings. The van der Waals surface area contributed by atoms with E-state index in [1.54, 1.807) is 26.4 Å². The molecule has 0 aliphatic carbocycles. The zero-order chi connectivity index (χ0) is 17.6. The third-order valence-corrected chi connectivity index (χ3v) is 4.52. The Morgan fingerprint density at radius 3 is 2.48 bits per heavy atom. The van der Waals surface area contributed by atoms with Crippen molar-refractivity contribution in [2.24, 2.45) is 0 Å². The number of pyridine rings is 1. The van der Waals surface area contributed by atoms with Crippen LogP contribution in [0.2, 0.25) is 0 Å². The molecule has 0 bridgehead atoms. The van der Waals surface area contributed by atoms with Crippen LogP contribution in [0.5, 0.6) is 5.75 Å². The number of methoxy groups -OCH3 is 1. The molecular formula is C18H18N4O2S. The summed E-state index contributed by atoms with van der Waals surface area (Å²) in [6, 6.07) is 11.5. The summed E-state index contributed by atoms with van der Waals surface area (Å²) in [6.07, 6.45) is 3.96. The Balaban J connectivity index is 2.01. The molecule has 3 rings (SSSR count). The molecule has 0 saturated heterocycles. The number of rotatable bonds is 7. The van der Waals surface area contributed by atoms with Crippen molar-refractivity contribution in [3.8, 4) is 22.8 Å². The van der Waals surface area contributed by atoms with Crippen LogP contribution < -0.4 is 4.74 Å². The van der Waals surface area contributed by atoms with Gasteiger partial charge in [-0.15, -0.1) is 10.2 Å². The molecule has 6 nitrogen and oxygen atoms in total. The van der Waals surface area contributed by atoms with Gasteiger partial charge in [0.2, 0.25) is 0 Å². The van der Waals surface area contributed by atoms with Crippen LogP contribution in [0, 0.1) is 0 Å². The van der Waals surface area contributed by atoms with Gasteiger partial charge in [-0.25, -0.2) is 0 Å². The fraction of sp³-hybridized carbons (Fsp3) is 0.222. The number of nitrogens with zero attached hydrogens (tertiary/aromatic N) is 4. The van der Waals surface area contributed by atoms with E-state index in [1.165, 1.54) is 11.8 Å². The van der Waals surface area contributed by atoms with Gasteiger partial charge >= 0.3 is 0 Å². The molecular weight excluding hydrogens is 336 g/mol. The molecule has 0 fully saturated rings. The minimum absolute atomic E-state index is 0.164. The number of hydrogen-bond acceptors (Lipinski definition) is 6. The van der Waals surface area contributed by atoms with Crippen LogP contribution in [0.3, 0.4) is 0 Å². The first-order chi connectivity index (χ1) is 12.2. The number of carbonyl (C=O) groups excluding carboxylic acids is 1. The van der Waals surface area contributed by atoms with Gasteiger partial charge in [0.1, 0.15) is 11.5 Å². The minimum atomic E-state index is 0.164. The lowest BCUT2D eigenvalue weighted by atomic mass is 10.2. The summed E-state index contributed by atoms with van der Waals surface area (Å²) in [5.41, 5.74) is 1.86. The Morgan fingerprint density at radius 2 is 1.84 bits per heavy atom. The van der Waals surface area contributed by atoms with E-state index in [1.807, 2.05) is 41.0 Å². The number of thioether (sulfide) groups is 1. The van der Waals surface area contributed by atoms with E-state index in [9.17, 15) is 4.79 Å². The number of ketones is 1. The van der Waals surface area contributed by atoms with Crippen molar-refractivity contribution >= 4 is 17.5 Å². The standard InChI is InChI=1S/C18H18N4O2S/c1-13(23)9-12-25-18-21-20-17(14-7-10-19-11-8-14)22(18)15-3-5-16(24-2)6-4-15/h3-8,10-11H,9,12H2,1-2H3. The third kappa shape index (κ3) is 4.06. The highest BCUT2D eigenvalue weighted by molar-refractivity contribution is 7.99. The summed E-state index contributed by atoms with van der Waals surface area (Å²) in [5.74, 6) is 2.35. The van der Waals surface area contributed by atoms with Crippen molar-refractivity contribution in [3.63, 3.8) is 0 Å². The molecule has 7 heteroatoms. The Morgan fingerprint density at radius 1 is 1.12 bits per heavy atom. The van der Waals surface area contributed by atoms with Crippen LogP contribution >= 0.6 is 11.8 Å². The van der Waals surface area contributed by atoms with Crippen LogP contribution in [0.25, 0.3) is 17.1 Å². The van der Waals surface area contributed by atoms with Crippen LogP contribution in [0.15, 0.2) is 53.9 Å². The van der Waals surface area contributed by atoms with E-state index in [4.69, 9.17) is 4.74 Å². The van der Waals surface area contributed by atoms with Gasteiger partial charge in [-0.2, -0.15) is 0 Å². The lowest BCUT2D eigenvalue weighted by molar-refractivity contribution is -0.116. The monoisotopic (exact) mass is 354 g/mol. The normalized spacial score (nSPS) is 10.6. The third-order valence-electron chi connectivity index (χ3n) is 3.59. The maximum atomic E-state index is 11.2. The van der Waals surface area contributed by atoms with Gasteiger partial charge in [-0.3, -0.25) is 14.3 Å². The molecule has 2 heterocycles. The second-order valence-electron chi connectivity index (χ2n) is 5.38. The number of aromatic nitrogens is 4. The highest BCUT2D eigenvalue weighted by atomic mass is 32.2. The average molecular weight is 354 g/mol. The average Bonchev–Trinajstić information content (AvgIpc) is 3.06. The van der Waals surface area contributed by atoms with Crippen LogP contribution in [0.4, 0.5) is 0 Å². The van der Waals surface area contributed by atoms with E-state index >= 15 is 0 Å². The van der Waals surface area contributed by atoms with Crippen molar-refractivity contribution in [1.29, 1.82) is 0 Å². The predicted molar refractivity (Wildman–Crippen MR) is 97.2 cm³/mol. The molecule has 128 valence electrons. The largest absolute Gasteiger partial charge is 0.497 e. The van der Waals surface area contributed by atoms with Gasteiger partial charge in [-0.1, -0.05) is 11.8 Å². The molecule has 0 N–H and O–H groups in total. The Kier molecular flexibility index (Phi) is 5.45. The Labute approximate surface area is 150 Å². The SMILES string of the molecule is COc1ccc(-n2c(SCCC(C)=O)nnc2-c2ccncc2)cc1. The molecule has 1 aromatic carbocycles. The van der Waals surface area contributed by atoms with Gasteiger partial charge in [0, 0.05) is 35.8 Å². The zero-order valence-corrected chi connectivity index (χ0v) is 14.9. The summed E-state index contributed by atoms with van der Waals surface area (Å²) >= 11 is 1.52. The molecule has 25 heavy (non-hydrogen) atoms. The first kappa shape index (κ1) is 17.2. The molecule has 0 radical (unpaired) electrons. The number of benzene rings is 1. The number of carbonyl (C=O) groups is 1. The molecule has 0 spiro atoms. The van der Waals surface area contributed by atoms with Crippen LogP contribution in [-0.2, 0) is 4.79 Å². The van der Waals surface area contributed by atoms with Crippen LogP contribution in [-0.4, -0.2) is 38.4 Å². The summed E-state index contributed by atoms with van der Waals surface area (Å²) in [7, 11) is 1.64. The van der Waals surface area contributed by atoms with Gasteiger partial charge < -0.3 is 4.74 Å². The van der Waals surface area contributed by atoms with Crippen LogP contribution in [0.1, 0.15) is 13.3 Å². The fourth-order valence-corrected chi connectivity index (χ4v) is 3.29. The van der Waals surface area contributed by atoms with Crippen molar-refractivity contribution in [3.05, 3.63) is 48.8 Å². The lowest BCUT2D eigenvalue weighted by Crippen LogP contribution is -2.01. The number of ether oxygens (including phenoxy) is 1. The lowest BCUT2D eigenvalue weighted by Gasteiger charge is -2.11. The number of Topliss-reactive ketones (excluding diaryl/α,β-unsaturated/α-hetero) is 1. The molecule has 0 atom stereocenters. The summed E-state index contributed by atoms with van der Waals surface area (Å²) in [5, 5.41) is 9.42. The van der Waals surface area contributed by atoms with Crippen molar-refractivity contribution < 1.29 is 9.53 Å². The number of hydrogen-bond donors (Lipinski definition) is 0. The summed E-state index contributed by atoms with van der Waals surface area (Å²) < 4.78 is 7.22. The van der Waals surface area contributed by atoms with E-state index in [-0.39, 0.29) is 5.78 Å².